The van der Waals surface area contributed by atoms with Crippen LogP contribution in [0.5, 0.6) is 0 Å². The molecule has 25 heavy (non-hydrogen) atoms. The maximum Gasteiger partial charge on any atom is 0.243 e. The van der Waals surface area contributed by atoms with Crippen LogP contribution in [0.15, 0.2) is 59.5 Å². The topological polar surface area (TPSA) is 66.5 Å². The molecule has 5 nitrogen and oxygen atoms in total. The van der Waals surface area contributed by atoms with E-state index in [2.05, 4.69) is 5.32 Å². The lowest BCUT2D eigenvalue weighted by molar-refractivity contribution is -0.117. The molecule has 2 aromatic rings. The number of amides is 1. The van der Waals surface area contributed by atoms with Crippen LogP contribution >= 0.6 is 0 Å². The zero-order chi connectivity index (χ0) is 18.0. The van der Waals surface area contributed by atoms with E-state index >= 15 is 0 Å². The Morgan fingerprint density at radius 3 is 2.28 bits per heavy atom. The summed E-state index contributed by atoms with van der Waals surface area (Å²) in [5, 5.41) is 2.83. The maximum absolute atomic E-state index is 12.7. The Balaban J connectivity index is 1.68. The van der Waals surface area contributed by atoms with Gasteiger partial charge in [-0.15, -0.1) is 0 Å². The molecule has 0 bridgehead atoms. The molecule has 1 saturated carbocycles. The number of carbonyl (C=O) groups is 1. The summed E-state index contributed by atoms with van der Waals surface area (Å²) in [5.41, 5.74) is 1.55. The highest BCUT2D eigenvalue weighted by atomic mass is 32.2. The van der Waals surface area contributed by atoms with Crippen molar-refractivity contribution >= 4 is 21.6 Å². The molecule has 0 saturated heterocycles. The molecular formula is C19H22N2O3S. The highest BCUT2D eigenvalue weighted by molar-refractivity contribution is 7.89. The number of hydrogen-bond acceptors (Lipinski definition) is 3. The number of anilines is 1. The molecule has 0 spiro atoms. The van der Waals surface area contributed by atoms with Crippen LogP contribution in [0.3, 0.4) is 0 Å². The zero-order valence-electron chi connectivity index (χ0n) is 14.3. The predicted molar refractivity (Wildman–Crippen MR) is 97.4 cm³/mol. The van der Waals surface area contributed by atoms with Gasteiger partial charge in [0.25, 0.3) is 0 Å². The summed E-state index contributed by atoms with van der Waals surface area (Å²) in [5.74, 6) is 0.524. The van der Waals surface area contributed by atoms with Crippen molar-refractivity contribution in [3.63, 3.8) is 0 Å². The van der Waals surface area contributed by atoms with Crippen molar-refractivity contribution in [3.8, 4) is 0 Å². The second-order valence-electron chi connectivity index (χ2n) is 6.58. The van der Waals surface area contributed by atoms with E-state index in [0.717, 1.165) is 12.0 Å². The Labute approximate surface area is 148 Å². The third-order valence-corrected chi connectivity index (χ3v) is 6.34. The highest BCUT2D eigenvalue weighted by Gasteiger charge is 2.39. The van der Waals surface area contributed by atoms with Crippen LogP contribution in [0, 0.1) is 11.8 Å². The fraction of sp³-hybridized carbons (Fsp3) is 0.316. The molecule has 1 aliphatic rings. The summed E-state index contributed by atoms with van der Waals surface area (Å²) >= 11 is 0. The molecule has 0 heterocycles. The first-order chi connectivity index (χ1) is 11.9. The van der Waals surface area contributed by atoms with E-state index in [1.165, 1.54) is 16.4 Å². The van der Waals surface area contributed by atoms with Crippen molar-refractivity contribution in [1.82, 2.24) is 4.31 Å². The second kappa shape index (κ2) is 6.98. The molecule has 1 amide bonds. The standard InChI is InChI=1S/C19H22N2O3S/c1-14-12-18(14)19(22)20-16-8-10-17(11-9-16)25(23,24)21(2)13-15-6-4-3-5-7-15/h3-11,14,18H,12-13H2,1-2H3,(H,20,22). The molecule has 2 unspecified atom stereocenters. The van der Waals surface area contributed by atoms with Gasteiger partial charge >= 0.3 is 0 Å². The average Bonchev–Trinajstić information content (AvgIpc) is 3.33. The van der Waals surface area contributed by atoms with Crippen LogP contribution in [0.1, 0.15) is 18.9 Å². The lowest BCUT2D eigenvalue weighted by Gasteiger charge is -2.17. The molecule has 6 heteroatoms. The normalized spacial score (nSPS) is 19.6. The fourth-order valence-electron chi connectivity index (χ4n) is 2.74. The Morgan fingerprint density at radius 1 is 1.12 bits per heavy atom. The summed E-state index contributed by atoms with van der Waals surface area (Å²) in [4.78, 5) is 12.2. The van der Waals surface area contributed by atoms with Gasteiger partial charge < -0.3 is 5.32 Å². The molecule has 1 fully saturated rings. The van der Waals surface area contributed by atoms with Crippen molar-refractivity contribution in [2.45, 2.75) is 24.8 Å². The minimum Gasteiger partial charge on any atom is -0.326 e. The van der Waals surface area contributed by atoms with Crippen LogP contribution in [-0.2, 0) is 21.4 Å². The lowest BCUT2D eigenvalue weighted by atomic mass is 10.2. The second-order valence-corrected chi connectivity index (χ2v) is 8.62. The van der Waals surface area contributed by atoms with Gasteiger partial charge in [-0.25, -0.2) is 8.42 Å². The van der Waals surface area contributed by atoms with Crippen molar-refractivity contribution in [3.05, 3.63) is 60.2 Å². The van der Waals surface area contributed by atoms with E-state index in [-0.39, 0.29) is 16.7 Å². The van der Waals surface area contributed by atoms with E-state index in [0.29, 0.717) is 18.2 Å². The molecule has 2 aromatic carbocycles. The number of hydrogen-bond donors (Lipinski definition) is 1. The first-order valence-corrected chi connectivity index (χ1v) is 9.73. The summed E-state index contributed by atoms with van der Waals surface area (Å²) in [6.07, 6.45) is 0.919. The number of benzene rings is 2. The monoisotopic (exact) mass is 358 g/mol. The number of carbonyl (C=O) groups excluding carboxylic acids is 1. The molecule has 0 aliphatic heterocycles. The number of nitrogens with one attached hydrogen (secondary N) is 1. The van der Waals surface area contributed by atoms with Gasteiger partial charge in [0.05, 0.1) is 4.90 Å². The Hall–Kier alpha value is -2.18. The summed E-state index contributed by atoms with van der Waals surface area (Å²) in [7, 11) is -2.01. The lowest BCUT2D eigenvalue weighted by Crippen LogP contribution is -2.26. The average molecular weight is 358 g/mol. The molecule has 3 rings (SSSR count). The molecule has 1 N–H and O–H groups in total. The molecular weight excluding hydrogens is 336 g/mol. The van der Waals surface area contributed by atoms with E-state index in [1.54, 1.807) is 19.2 Å². The first kappa shape index (κ1) is 17.6. The van der Waals surface area contributed by atoms with Gasteiger partial charge in [-0.2, -0.15) is 4.31 Å². The largest absolute Gasteiger partial charge is 0.326 e. The number of rotatable bonds is 6. The van der Waals surface area contributed by atoms with Gasteiger partial charge in [0.2, 0.25) is 15.9 Å². The van der Waals surface area contributed by atoms with E-state index in [4.69, 9.17) is 0 Å². The number of nitrogens with zero attached hydrogens (tertiary/aromatic N) is 1. The van der Waals surface area contributed by atoms with E-state index < -0.39 is 10.0 Å². The van der Waals surface area contributed by atoms with Crippen molar-refractivity contribution < 1.29 is 13.2 Å². The van der Waals surface area contributed by atoms with Crippen LogP contribution in [0.4, 0.5) is 5.69 Å². The molecule has 0 aromatic heterocycles. The molecule has 2 atom stereocenters. The third kappa shape index (κ3) is 4.08. The van der Waals surface area contributed by atoms with Crippen molar-refractivity contribution in [2.24, 2.45) is 11.8 Å². The molecule has 132 valence electrons. The summed E-state index contributed by atoms with van der Waals surface area (Å²) in [6.45, 7) is 2.35. The van der Waals surface area contributed by atoms with E-state index in [1.807, 2.05) is 37.3 Å². The minimum absolute atomic E-state index is 0.00398. The molecule has 0 radical (unpaired) electrons. The van der Waals surface area contributed by atoms with Crippen LogP contribution in [0.25, 0.3) is 0 Å². The number of sulfonamides is 1. The smallest absolute Gasteiger partial charge is 0.243 e. The van der Waals surface area contributed by atoms with Gasteiger partial charge in [0.15, 0.2) is 0 Å². The summed E-state index contributed by atoms with van der Waals surface area (Å²) < 4.78 is 26.7. The van der Waals surface area contributed by atoms with Gasteiger partial charge in [-0.3, -0.25) is 4.79 Å². The molecule has 1 aliphatic carbocycles. The van der Waals surface area contributed by atoms with Gasteiger partial charge in [0, 0.05) is 25.2 Å². The Morgan fingerprint density at radius 2 is 1.72 bits per heavy atom. The van der Waals surface area contributed by atoms with Gasteiger partial charge in [-0.1, -0.05) is 37.3 Å². The quantitative estimate of drug-likeness (QED) is 0.863. The minimum atomic E-state index is -3.57. The predicted octanol–water partition coefficient (Wildman–Crippen LogP) is 3.10. The summed E-state index contributed by atoms with van der Waals surface area (Å²) in [6, 6.07) is 15.8. The SMILES string of the molecule is CC1CC1C(=O)Nc1ccc(S(=O)(=O)N(C)Cc2ccccc2)cc1. The van der Waals surface area contributed by atoms with E-state index in [9.17, 15) is 13.2 Å². The van der Waals surface area contributed by atoms with Crippen molar-refractivity contribution in [2.75, 3.05) is 12.4 Å². The van der Waals surface area contributed by atoms with Crippen molar-refractivity contribution in [1.29, 1.82) is 0 Å². The Bertz CT molecular complexity index is 848. The first-order valence-electron chi connectivity index (χ1n) is 8.29. The third-order valence-electron chi connectivity index (χ3n) is 4.52. The van der Waals surface area contributed by atoms with Gasteiger partial charge in [0.1, 0.15) is 0 Å². The zero-order valence-corrected chi connectivity index (χ0v) is 15.2. The maximum atomic E-state index is 12.7. The Kier molecular flexibility index (Phi) is 4.92. The van der Waals surface area contributed by atoms with Gasteiger partial charge in [-0.05, 0) is 42.2 Å². The van der Waals surface area contributed by atoms with Crippen LogP contribution in [0.2, 0.25) is 0 Å². The highest BCUT2D eigenvalue weighted by Crippen LogP contribution is 2.38. The van der Waals surface area contributed by atoms with Crippen LogP contribution in [-0.4, -0.2) is 25.7 Å². The fourth-order valence-corrected chi connectivity index (χ4v) is 3.90. The van der Waals surface area contributed by atoms with Crippen LogP contribution < -0.4 is 5.32 Å².